The Morgan fingerprint density at radius 2 is 1.88 bits per heavy atom. The average Bonchev–Trinajstić information content (AvgIpc) is 2.16. The number of hydrogen-bond donors (Lipinski definition) is 3. The molecule has 1 aromatic carbocycles. The maximum absolute atomic E-state index is 11.4. The van der Waals surface area contributed by atoms with Crippen LogP contribution in [0.25, 0.3) is 0 Å². The highest BCUT2D eigenvalue weighted by molar-refractivity contribution is 6.02. The SMILES string of the molecule is CC(C)NC(=O)Nc1ccccc1C(N)=O. The number of amides is 3. The van der Waals surface area contributed by atoms with Crippen molar-refractivity contribution in [3.8, 4) is 0 Å². The molecule has 5 heteroatoms. The van der Waals surface area contributed by atoms with E-state index in [1.165, 1.54) is 0 Å². The fourth-order valence-corrected chi connectivity index (χ4v) is 1.23. The Balaban J connectivity index is 2.81. The Labute approximate surface area is 94.0 Å². The second-order valence-electron chi connectivity index (χ2n) is 3.66. The third kappa shape index (κ3) is 3.27. The first-order valence-electron chi connectivity index (χ1n) is 4.97. The van der Waals surface area contributed by atoms with E-state index >= 15 is 0 Å². The lowest BCUT2D eigenvalue weighted by Crippen LogP contribution is -2.34. The number of nitrogens with one attached hydrogen (secondary N) is 2. The van der Waals surface area contributed by atoms with Crippen molar-refractivity contribution >= 4 is 17.6 Å². The zero-order valence-corrected chi connectivity index (χ0v) is 9.28. The molecule has 5 nitrogen and oxygen atoms in total. The third-order valence-electron chi connectivity index (χ3n) is 1.86. The van der Waals surface area contributed by atoms with E-state index in [4.69, 9.17) is 5.73 Å². The summed E-state index contributed by atoms with van der Waals surface area (Å²) in [6, 6.07) is 6.26. The Hall–Kier alpha value is -2.04. The van der Waals surface area contributed by atoms with Gasteiger partial charge >= 0.3 is 6.03 Å². The highest BCUT2D eigenvalue weighted by Crippen LogP contribution is 2.13. The number of primary amides is 1. The first-order valence-corrected chi connectivity index (χ1v) is 4.97. The van der Waals surface area contributed by atoms with Crippen molar-refractivity contribution in [2.24, 2.45) is 5.73 Å². The molecular formula is C11H15N3O2. The molecule has 4 N–H and O–H groups in total. The van der Waals surface area contributed by atoms with Crippen LogP contribution < -0.4 is 16.4 Å². The standard InChI is InChI=1S/C11H15N3O2/c1-7(2)13-11(16)14-9-6-4-3-5-8(9)10(12)15/h3-7H,1-2H3,(H2,12,15)(H2,13,14,16). The molecule has 0 unspecified atom stereocenters. The van der Waals surface area contributed by atoms with Crippen LogP contribution >= 0.6 is 0 Å². The van der Waals surface area contributed by atoms with Gasteiger partial charge in [0, 0.05) is 6.04 Å². The first-order chi connectivity index (χ1) is 7.50. The number of rotatable bonds is 3. The molecular weight excluding hydrogens is 206 g/mol. The van der Waals surface area contributed by atoms with E-state index < -0.39 is 5.91 Å². The van der Waals surface area contributed by atoms with Crippen LogP contribution in [0.5, 0.6) is 0 Å². The maximum atomic E-state index is 11.4. The van der Waals surface area contributed by atoms with Crippen molar-refractivity contribution in [1.29, 1.82) is 0 Å². The maximum Gasteiger partial charge on any atom is 0.319 e. The van der Waals surface area contributed by atoms with Crippen LogP contribution in [0.4, 0.5) is 10.5 Å². The molecule has 0 aromatic heterocycles. The van der Waals surface area contributed by atoms with Crippen molar-refractivity contribution < 1.29 is 9.59 Å². The average molecular weight is 221 g/mol. The molecule has 0 aliphatic carbocycles. The van der Waals surface area contributed by atoms with Gasteiger partial charge in [-0.3, -0.25) is 4.79 Å². The second kappa shape index (κ2) is 5.16. The van der Waals surface area contributed by atoms with Gasteiger partial charge in [-0.2, -0.15) is 0 Å². The predicted molar refractivity (Wildman–Crippen MR) is 62.3 cm³/mol. The molecule has 1 aromatic rings. The molecule has 0 fully saturated rings. The van der Waals surface area contributed by atoms with Crippen LogP contribution in [-0.4, -0.2) is 18.0 Å². The fraction of sp³-hybridized carbons (Fsp3) is 0.273. The van der Waals surface area contributed by atoms with E-state index in [2.05, 4.69) is 10.6 Å². The minimum absolute atomic E-state index is 0.0285. The van der Waals surface area contributed by atoms with Crippen LogP contribution in [0, 0.1) is 0 Å². The van der Waals surface area contributed by atoms with Crippen molar-refractivity contribution in [3.63, 3.8) is 0 Å². The van der Waals surface area contributed by atoms with Crippen LogP contribution in [0.2, 0.25) is 0 Å². The lowest BCUT2D eigenvalue weighted by molar-refractivity contribution is 0.100. The Bertz CT molecular complexity index is 402. The second-order valence-corrected chi connectivity index (χ2v) is 3.66. The fourth-order valence-electron chi connectivity index (χ4n) is 1.23. The van der Waals surface area contributed by atoms with Gasteiger partial charge in [0.15, 0.2) is 0 Å². The summed E-state index contributed by atoms with van der Waals surface area (Å²) in [5.41, 5.74) is 5.88. The third-order valence-corrected chi connectivity index (χ3v) is 1.86. The van der Waals surface area contributed by atoms with Crippen molar-refractivity contribution in [1.82, 2.24) is 5.32 Å². The summed E-state index contributed by atoms with van der Waals surface area (Å²) >= 11 is 0. The molecule has 0 saturated carbocycles. The molecule has 3 amide bonds. The van der Waals surface area contributed by atoms with Gasteiger partial charge in [0.2, 0.25) is 0 Å². The minimum atomic E-state index is -0.569. The molecule has 0 heterocycles. The molecule has 0 aliphatic heterocycles. The number of urea groups is 1. The zero-order chi connectivity index (χ0) is 12.1. The number of benzene rings is 1. The summed E-state index contributed by atoms with van der Waals surface area (Å²) in [5.74, 6) is -0.569. The van der Waals surface area contributed by atoms with Crippen molar-refractivity contribution in [2.75, 3.05) is 5.32 Å². The first kappa shape index (κ1) is 12.0. The molecule has 0 bridgehead atoms. The molecule has 0 saturated heterocycles. The van der Waals surface area contributed by atoms with Crippen LogP contribution in [0.3, 0.4) is 0 Å². The molecule has 1 rings (SSSR count). The summed E-state index contributed by atoms with van der Waals surface area (Å²) in [6.45, 7) is 3.69. The van der Waals surface area contributed by atoms with E-state index in [9.17, 15) is 9.59 Å². The number of hydrogen-bond acceptors (Lipinski definition) is 2. The summed E-state index contributed by atoms with van der Waals surface area (Å²) in [4.78, 5) is 22.5. The van der Waals surface area contributed by atoms with E-state index in [1.54, 1.807) is 24.3 Å². The summed E-state index contributed by atoms with van der Waals surface area (Å²) in [7, 11) is 0. The van der Waals surface area contributed by atoms with E-state index in [0.29, 0.717) is 11.3 Å². The highest BCUT2D eigenvalue weighted by atomic mass is 16.2. The number of carbonyl (C=O) groups excluding carboxylic acids is 2. The summed E-state index contributed by atoms with van der Waals surface area (Å²) in [5, 5.41) is 5.23. The smallest absolute Gasteiger partial charge is 0.319 e. The monoisotopic (exact) mass is 221 g/mol. The largest absolute Gasteiger partial charge is 0.366 e. The minimum Gasteiger partial charge on any atom is -0.366 e. The molecule has 0 spiro atoms. The Morgan fingerprint density at radius 1 is 1.25 bits per heavy atom. The predicted octanol–water partition coefficient (Wildman–Crippen LogP) is 1.32. The molecule has 0 aliphatic rings. The normalized spacial score (nSPS) is 9.94. The number of carbonyl (C=O) groups is 2. The number of nitrogens with two attached hydrogens (primary N) is 1. The topological polar surface area (TPSA) is 84.2 Å². The van der Waals surface area contributed by atoms with Crippen LogP contribution in [0.15, 0.2) is 24.3 Å². The number of para-hydroxylation sites is 1. The number of anilines is 1. The molecule has 16 heavy (non-hydrogen) atoms. The van der Waals surface area contributed by atoms with E-state index in [1.807, 2.05) is 13.8 Å². The van der Waals surface area contributed by atoms with Gasteiger partial charge in [-0.05, 0) is 26.0 Å². The molecule has 0 atom stereocenters. The lowest BCUT2D eigenvalue weighted by atomic mass is 10.1. The van der Waals surface area contributed by atoms with Crippen LogP contribution in [0.1, 0.15) is 24.2 Å². The van der Waals surface area contributed by atoms with Gasteiger partial charge in [-0.25, -0.2) is 4.79 Å². The molecule has 86 valence electrons. The van der Waals surface area contributed by atoms with Gasteiger partial charge in [0.25, 0.3) is 5.91 Å². The van der Waals surface area contributed by atoms with E-state index in [0.717, 1.165) is 0 Å². The van der Waals surface area contributed by atoms with Gasteiger partial charge < -0.3 is 16.4 Å². The highest BCUT2D eigenvalue weighted by Gasteiger charge is 2.10. The van der Waals surface area contributed by atoms with Crippen molar-refractivity contribution in [2.45, 2.75) is 19.9 Å². The zero-order valence-electron chi connectivity index (χ0n) is 9.28. The van der Waals surface area contributed by atoms with Gasteiger partial charge in [-0.1, -0.05) is 12.1 Å². The lowest BCUT2D eigenvalue weighted by Gasteiger charge is -2.11. The van der Waals surface area contributed by atoms with Crippen molar-refractivity contribution in [3.05, 3.63) is 29.8 Å². The Morgan fingerprint density at radius 3 is 2.44 bits per heavy atom. The van der Waals surface area contributed by atoms with E-state index in [-0.39, 0.29) is 12.1 Å². The summed E-state index contributed by atoms with van der Waals surface area (Å²) in [6.07, 6.45) is 0. The molecule has 0 radical (unpaired) electrons. The quantitative estimate of drug-likeness (QED) is 0.719. The van der Waals surface area contributed by atoms with Gasteiger partial charge in [0.05, 0.1) is 11.3 Å². The van der Waals surface area contributed by atoms with Gasteiger partial charge in [0.1, 0.15) is 0 Å². The Kier molecular flexibility index (Phi) is 3.88. The van der Waals surface area contributed by atoms with Gasteiger partial charge in [-0.15, -0.1) is 0 Å². The summed E-state index contributed by atoms with van der Waals surface area (Å²) < 4.78 is 0. The van der Waals surface area contributed by atoms with Crippen LogP contribution in [-0.2, 0) is 0 Å².